The van der Waals surface area contributed by atoms with Crippen LogP contribution < -0.4 is 0 Å². The number of hydrogen-bond acceptors (Lipinski definition) is 2. The molecule has 0 heterocycles. The van der Waals surface area contributed by atoms with Crippen LogP contribution in [0.3, 0.4) is 0 Å². The Morgan fingerprint density at radius 2 is 1.56 bits per heavy atom. The Morgan fingerprint density at radius 1 is 1.06 bits per heavy atom. The molecule has 1 N–H and O–H groups in total. The summed E-state index contributed by atoms with van der Waals surface area (Å²) >= 11 is 4.47. The zero-order valence-corrected chi connectivity index (χ0v) is 12.9. The van der Waals surface area contributed by atoms with Crippen molar-refractivity contribution < 1.29 is 9.90 Å². The summed E-state index contributed by atoms with van der Waals surface area (Å²) < 4.78 is 0. The fourth-order valence-corrected chi connectivity index (χ4v) is 2.64. The Labute approximate surface area is 118 Å². The highest BCUT2D eigenvalue weighted by Crippen LogP contribution is 2.18. The van der Waals surface area contributed by atoms with E-state index in [1.807, 2.05) is 0 Å². The average molecular weight is 274 g/mol. The standard InChI is InChI=1S/C15H30O2S/c1-3-4-5-6-7-8-9-10-11-14(18)12-13(2)15(16)17/h13-14,18H,3-12H2,1-2H3,(H,16,17). The third kappa shape index (κ3) is 10.9. The van der Waals surface area contributed by atoms with E-state index in [1.165, 1.54) is 51.4 Å². The van der Waals surface area contributed by atoms with Crippen molar-refractivity contribution in [2.24, 2.45) is 5.92 Å². The quantitative estimate of drug-likeness (QED) is 0.391. The predicted molar refractivity (Wildman–Crippen MR) is 81.4 cm³/mol. The molecule has 2 nitrogen and oxygen atoms in total. The third-order valence-corrected chi connectivity index (χ3v) is 3.91. The lowest BCUT2D eigenvalue weighted by molar-refractivity contribution is -0.141. The smallest absolute Gasteiger partial charge is 0.306 e. The molecule has 0 aromatic rings. The highest BCUT2D eigenvalue weighted by atomic mass is 32.1. The largest absolute Gasteiger partial charge is 0.481 e. The highest BCUT2D eigenvalue weighted by molar-refractivity contribution is 7.80. The van der Waals surface area contributed by atoms with Crippen LogP contribution in [0.1, 0.15) is 78.1 Å². The summed E-state index contributed by atoms with van der Waals surface area (Å²) in [5.41, 5.74) is 0. The van der Waals surface area contributed by atoms with Gasteiger partial charge in [-0.15, -0.1) is 0 Å². The van der Waals surface area contributed by atoms with Gasteiger partial charge in [0.05, 0.1) is 5.92 Å². The van der Waals surface area contributed by atoms with E-state index in [-0.39, 0.29) is 11.2 Å². The Morgan fingerprint density at radius 3 is 2.06 bits per heavy atom. The van der Waals surface area contributed by atoms with Gasteiger partial charge in [0.1, 0.15) is 0 Å². The molecule has 108 valence electrons. The fraction of sp³-hybridized carbons (Fsp3) is 0.933. The molecule has 18 heavy (non-hydrogen) atoms. The van der Waals surface area contributed by atoms with E-state index in [1.54, 1.807) is 6.92 Å². The molecule has 3 heteroatoms. The van der Waals surface area contributed by atoms with Crippen LogP contribution in [-0.4, -0.2) is 16.3 Å². The number of unbranched alkanes of at least 4 members (excludes halogenated alkanes) is 7. The lowest BCUT2D eigenvalue weighted by Crippen LogP contribution is -2.14. The van der Waals surface area contributed by atoms with Crippen molar-refractivity contribution in [2.45, 2.75) is 83.3 Å². The number of rotatable bonds is 12. The van der Waals surface area contributed by atoms with Crippen LogP contribution in [0, 0.1) is 5.92 Å². The average Bonchev–Trinajstić information content (AvgIpc) is 2.32. The van der Waals surface area contributed by atoms with E-state index in [9.17, 15) is 4.79 Å². The Kier molecular flexibility index (Phi) is 11.8. The van der Waals surface area contributed by atoms with E-state index in [4.69, 9.17) is 5.11 Å². The van der Waals surface area contributed by atoms with Gasteiger partial charge in [0.15, 0.2) is 0 Å². The van der Waals surface area contributed by atoms with Crippen LogP contribution in [0.25, 0.3) is 0 Å². The van der Waals surface area contributed by atoms with Crippen molar-refractivity contribution >= 4 is 18.6 Å². The van der Waals surface area contributed by atoms with Crippen LogP contribution in [-0.2, 0) is 4.79 Å². The monoisotopic (exact) mass is 274 g/mol. The van der Waals surface area contributed by atoms with Gasteiger partial charge >= 0.3 is 5.97 Å². The van der Waals surface area contributed by atoms with Gasteiger partial charge < -0.3 is 5.11 Å². The summed E-state index contributed by atoms with van der Waals surface area (Å²) in [5.74, 6) is -0.966. The van der Waals surface area contributed by atoms with Gasteiger partial charge in [-0.2, -0.15) is 12.6 Å². The van der Waals surface area contributed by atoms with Gasteiger partial charge in [-0.25, -0.2) is 0 Å². The first-order valence-corrected chi connectivity index (χ1v) is 8.00. The molecule has 0 aliphatic carbocycles. The Bertz CT molecular complexity index is 207. The lowest BCUT2D eigenvalue weighted by atomic mass is 10.0. The van der Waals surface area contributed by atoms with Crippen molar-refractivity contribution in [3.05, 3.63) is 0 Å². The molecule has 0 spiro atoms. The van der Waals surface area contributed by atoms with E-state index in [0.717, 1.165) is 6.42 Å². The Balaban J connectivity index is 3.30. The van der Waals surface area contributed by atoms with Gasteiger partial charge in [0.2, 0.25) is 0 Å². The van der Waals surface area contributed by atoms with Crippen molar-refractivity contribution in [2.75, 3.05) is 0 Å². The number of aliphatic carboxylic acids is 1. The molecule has 0 aliphatic heterocycles. The minimum atomic E-state index is -0.704. The van der Waals surface area contributed by atoms with E-state index >= 15 is 0 Å². The molecule has 0 radical (unpaired) electrons. The second-order valence-corrected chi connectivity index (χ2v) is 6.12. The molecule has 0 aromatic carbocycles. The molecule has 0 bridgehead atoms. The van der Waals surface area contributed by atoms with E-state index in [2.05, 4.69) is 19.6 Å². The summed E-state index contributed by atoms with van der Waals surface area (Å²) in [7, 11) is 0. The number of hydrogen-bond donors (Lipinski definition) is 2. The molecular formula is C15H30O2S. The van der Waals surface area contributed by atoms with Crippen molar-refractivity contribution in [1.82, 2.24) is 0 Å². The topological polar surface area (TPSA) is 37.3 Å². The van der Waals surface area contributed by atoms with E-state index in [0.29, 0.717) is 6.42 Å². The number of carboxylic acids is 1. The summed E-state index contributed by atoms with van der Waals surface area (Å²) in [6.07, 6.45) is 12.3. The van der Waals surface area contributed by atoms with Crippen LogP contribution in [0.15, 0.2) is 0 Å². The number of carboxylic acid groups (broad SMARTS) is 1. The minimum Gasteiger partial charge on any atom is -0.481 e. The molecule has 0 amide bonds. The van der Waals surface area contributed by atoms with Gasteiger partial charge in [-0.05, 0) is 12.8 Å². The molecular weight excluding hydrogens is 244 g/mol. The van der Waals surface area contributed by atoms with Crippen molar-refractivity contribution in [3.63, 3.8) is 0 Å². The Hall–Kier alpha value is -0.180. The lowest BCUT2D eigenvalue weighted by Gasteiger charge is -2.13. The molecule has 0 rings (SSSR count). The van der Waals surface area contributed by atoms with Gasteiger partial charge in [0, 0.05) is 5.25 Å². The summed E-state index contributed by atoms with van der Waals surface area (Å²) in [5, 5.41) is 9.06. The third-order valence-electron chi connectivity index (χ3n) is 3.44. The van der Waals surface area contributed by atoms with Crippen LogP contribution in [0.4, 0.5) is 0 Å². The number of thiol groups is 1. The van der Waals surface area contributed by atoms with E-state index < -0.39 is 5.97 Å². The maximum Gasteiger partial charge on any atom is 0.306 e. The van der Waals surface area contributed by atoms with Crippen molar-refractivity contribution in [3.8, 4) is 0 Å². The predicted octanol–water partition coefficient (Wildman–Crippen LogP) is 4.93. The maximum atomic E-state index is 10.7. The molecule has 0 saturated carbocycles. The summed E-state index contributed by atoms with van der Waals surface area (Å²) in [4.78, 5) is 10.7. The molecule has 0 fully saturated rings. The zero-order chi connectivity index (χ0) is 13.8. The van der Waals surface area contributed by atoms with Crippen LogP contribution in [0.2, 0.25) is 0 Å². The first kappa shape index (κ1) is 17.8. The van der Waals surface area contributed by atoms with Gasteiger partial charge in [-0.1, -0.05) is 65.2 Å². The second-order valence-electron chi connectivity index (χ2n) is 5.39. The minimum absolute atomic E-state index is 0.246. The van der Waals surface area contributed by atoms with Gasteiger partial charge in [0.25, 0.3) is 0 Å². The maximum absolute atomic E-state index is 10.7. The second kappa shape index (κ2) is 11.9. The molecule has 0 saturated heterocycles. The molecule has 0 aliphatic rings. The van der Waals surface area contributed by atoms with Gasteiger partial charge in [-0.3, -0.25) is 4.79 Å². The summed E-state index contributed by atoms with van der Waals surface area (Å²) in [6.45, 7) is 4.00. The van der Waals surface area contributed by atoms with Crippen LogP contribution >= 0.6 is 12.6 Å². The normalized spacial score (nSPS) is 14.4. The molecule has 0 aromatic heterocycles. The van der Waals surface area contributed by atoms with Crippen molar-refractivity contribution in [1.29, 1.82) is 0 Å². The molecule has 2 unspecified atom stereocenters. The molecule has 2 atom stereocenters. The summed E-state index contributed by atoms with van der Waals surface area (Å²) in [6, 6.07) is 0. The first-order valence-electron chi connectivity index (χ1n) is 7.48. The number of carbonyl (C=O) groups is 1. The van der Waals surface area contributed by atoms with Crippen LogP contribution in [0.5, 0.6) is 0 Å². The SMILES string of the molecule is CCCCCCCCCCC(S)CC(C)C(=O)O. The first-order chi connectivity index (χ1) is 8.57. The fourth-order valence-electron chi connectivity index (χ4n) is 2.14. The zero-order valence-electron chi connectivity index (χ0n) is 12.0. The highest BCUT2D eigenvalue weighted by Gasteiger charge is 2.15.